The fourth-order valence-electron chi connectivity index (χ4n) is 2.07. The van der Waals surface area contributed by atoms with Gasteiger partial charge >= 0.3 is 5.97 Å². The summed E-state index contributed by atoms with van der Waals surface area (Å²) in [5.41, 5.74) is -0.0305. The fourth-order valence-corrected chi connectivity index (χ4v) is 2.07. The summed E-state index contributed by atoms with van der Waals surface area (Å²) in [7, 11) is 0. The van der Waals surface area contributed by atoms with Gasteiger partial charge in [-0.2, -0.15) is 0 Å². The molecule has 0 heterocycles. The molecule has 24 heavy (non-hydrogen) atoms. The highest BCUT2D eigenvalue weighted by molar-refractivity contribution is 5.97. The average Bonchev–Trinajstić information content (AvgIpc) is 2.44. The number of nitrogens with one attached hydrogen (secondary N) is 2. The summed E-state index contributed by atoms with van der Waals surface area (Å²) >= 11 is 0. The number of aliphatic carboxylic acids is 1. The van der Waals surface area contributed by atoms with Crippen LogP contribution in [0.4, 0.5) is 10.1 Å². The van der Waals surface area contributed by atoms with Crippen LogP contribution in [0.1, 0.15) is 44.5 Å². The van der Waals surface area contributed by atoms with Crippen LogP contribution in [0.2, 0.25) is 0 Å². The SMILES string of the molecule is CC(C)CC(=O)Nc1ccc(C(=O)N[C@H](C(=O)O)C(C)C)cc1F. The third kappa shape index (κ3) is 5.64. The van der Waals surface area contributed by atoms with Gasteiger partial charge < -0.3 is 15.7 Å². The van der Waals surface area contributed by atoms with Gasteiger partial charge in [-0.1, -0.05) is 27.7 Å². The van der Waals surface area contributed by atoms with Gasteiger partial charge in [0.2, 0.25) is 5.91 Å². The molecule has 0 aliphatic heterocycles. The van der Waals surface area contributed by atoms with Crippen LogP contribution in [0.5, 0.6) is 0 Å². The molecule has 0 saturated heterocycles. The molecule has 0 aromatic heterocycles. The largest absolute Gasteiger partial charge is 0.480 e. The van der Waals surface area contributed by atoms with Crippen LogP contribution in [0.15, 0.2) is 18.2 Å². The molecule has 0 aliphatic carbocycles. The van der Waals surface area contributed by atoms with E-state index in [0.29, 0.717) is 0 Å². The number of benzene rings is 1. The quantitative estimate of drug-likeness (QED) is 0.712. The van der Waals surface area contributed by atoms with Gasteiger partial charge in [0.25, 0.3) is 5.91 Å². The summed E-state index contributed by atoms with van der Waals surface area (Å²) < 4.78 is 14.1. The smallest absolute Gasteiger partial charge is 0.326 e. The van der Waals surface area contributed by atoms with Gasteiger partial charge in [0, 0.05) is 12.0 Å². The van der Waals surface area contributed by atoms with E-state index in [4.69, 9.17) is 5.11 Å². The molecule has 0 aliphatic rings. The van der Waals surface area contributed by atoms with Gasteiger partial charge in [-0.3, -0.25) is 9.59 Å². The zero-order valence-corrected chi connectivity index (χ0v) is 14.2. The molecule has 1 atom stereocenters. The average molecular weight is 338 g/mol. The van der Waals surface area contributed by atoms with Gasteiger partial charge in [0.1, 0.15) is 11.9 Å². The maximum Gasteiger partial charge on any atom is 0.326 e. The Kier molecular flexibility index (Phi) is 6.88. The Morgan fingerprint density at radius 2 is 1.79 bits per heavy atom. The number of carbonyl (C=O) groups excluding carboxylic acids is 2. The Morgan fingerprint density at radius 1 is 1.17 bits per heavy atom. The van der Waals surface area contributed by atoms with Crippen molar-refractivity contribution in [1.29, 1.82) is 0 Å². The highest BCUT2D eigenvalue weighted by Crippen LogP contribution is 2.17. The molecule has 0 saturated carbocycles. The molecule has 1 aromatic carbocycles. The van der Waals surface area contributed by atoms with Crippen molar-refractivity contribution in [2.75, 3.05) is 5.32 Å². The maximum absolute atomic E-state index is 14.1. The number of hydrogen-bond donors (Lipinski definition) is 3. The van der Waals surface area contributed by atoms with E-state index in [1.54, 1.807) is 13.8 Å². The van der Waals surface area contributed by atoms with Gasteiger partial charge in [-0.05, 0) is 30.0 Å². The molecule has 0 radical (unpaired) electrons. The van der Waals surface area contributed by atoms with E-state index in [1.165, 1.54) is 12.1 Å². The van der Waals surface area contributed by atoms with E-state index in [1.807, 2.05) is 13.8 Å². The molecule has 0 fully saturated rings. The van der Waals surface area contributed by atoms with Crippen molar-refractivity contribution >= 4 is 23.5 Å². The predicted molar refractivity (Wildman–Crippen MR) is 88.2 cm³/mol. The lowest BCUT2D eigenvalue weighted by Crippen LogP contribution is -2.44. The topological polar surface area (TPSA) is 95.5 Å². The van der Waals surface area contributed by atoms with Crippen LogP contribution in [-0.2, 0) is 9.59 Å². The molecule has 0 spiro atoms. The van der Waals surface area contributed by atoms with Gasteiger partial charge in [0.05, 0.1) is 5.69 Å². The number of carbonyl (C=O) groups is 3. The van der Waals surface area contributed by atoms with Crippen molar-refractivity contribution in [2.24, 2.45) is 11.8 Å². The minimum Gasteiger partial charge on any atom is -0.480 e. The number of rotatable bonds is 7. The van der Waals surface area contributed by atoms with E-state index in [2.05, 4.69) is 10.6 Å². The summed E-state index contributed by atoms with van der Waals surface area (Å²) in [6.45, 7) is 7.06. The second kappa shape index (κ2) is 8.42. The minimum absolute atomic E-state index is 0.0127. The number of hydrogen-bond acceptors (Lipinski definition) is 3. The number of amides is 2. The third-order valence-electron chi connectivity index (χ3n) is 3.32. The lowest BCUT2D eigenvalue weighted by Gasteiger charge is -2.18. The zero-order valence-electron chi connectivity index (χ0n) is 14.2. The Bertz CT molecular complexity index is 629. The van der Waals surface area contributed by atoms with Crippen molar-refractivity contribution in [3.63, 3.8) is 0 Å². The lowest BCUT2D eigenvalue weighted by atomic mass is 10.0. The molecule has 7 heteroatoms. The molecule has 1 rings (SSSR count). The molecule has 3 N–H and O–H groups in total. The molecule has 2 amide bonds. The van der Waals surface area contributed by atoms with Crippen molar-refractivity contribution in [3.8, 4) is 0 Å². The van der Waals surface area contributed by atoms with Gasteiger partial charge in [-0.15, -0.1) is 0 Å². The van der Waals surface area contributed by atoms with Crippen LogP contribution in [0.3, 0.4) is 0 Å². The minimum atomic E-state index is -1.16. The summed E-state index contributed by atoms with van der Waals surface area (Å²) in [6, 6.07) is 2.53. The standard InChI is InChI=1S/C17H23FN2O4/c1-9(2)7-14(21)19-13-6-5-11(8-12(13)18)16(22)20-15(10(3)4)17(23)24/h5-6,8-10,15H,7H2,1-4H3,(H,19,21)(H,20,22)(H,23,24)/t15-/m0/s1. The van der Waals surface area contributed by atoms with Crippen molar-refractivity contribution in [2.45, 2.75) is 40.2 Å². The third-order valence-corrected chi connectivity index (χ3v) is 3.32. The van der Waals surface area contributed by atoms with Crippen molar-refractivity contribution in [3.05, 3.63) is 29.6 Å². The van der Waals surface area contributed by atoms with Gasteiger partial charge in [0.15, 0.2) is 0 Å². The second-order valence-electron chi connectivity index (χ2n) is 6.37. The molecule has 132 valence electrons. The van der Waals surface area contributed by atoms with E-state index in [9.17, 15) is 18.8 Å². The first-order chi connectivity index (χ1) is 11.1. The summed E-state index contributed by atoms with van der Waals surface area (Å²) in [6.07, 6.45) is 0.260. The highest BCUT2D eigenvalue weighted by Gasteiger charge is 2.24. The van der Waals surface area contributed by atoms with E-state index in [0.717, 1.165) is 6.07 Å². The number of halogens is 1. The molecular weight excluding hydrogens is 315 g/mol. The van der Waals surface area contributed by atoms with Crippen LogP contribution in [0.25, 0.3) is 0 Å². The number of carboxylic acid groups (broad SMARTS) is 1. The Morgan fingerprint density at radius 3 is 2.25 bits per heavy atom. The van der Waals surface area contributed by atoms with E-state index in [-0.39, 0.29) is 35.4 Å². The molecule has 0 unspecified atom stereocenters. The monoisotopic (exact) mass is 338 g/mol. The van der Waals surface area contributed by atoms with Crippen LogP contribution >= 0.6 is 0 Å². The summed E-state index contributed by atoms with van der Waals surface area (Å²) in [4.78, 5) is 34.8. The predicted octanol–water partition coefficient (Wildman–Crippen LogP) is 2.65. The molecule has 6 nitrogen and oxygen atoms in total. The number of carboxylic acids is 1. The van der Waals surface area contributed by atoms with Crippen LogP contribution in [-0.4, -0.2) is 28.9 Å². The Labute approximate surface area is 140 Å². The second-order valence-corrected chi connectivity index (χ2v) is 6.37. The number of anilines is 1. The van der Waals surface area contributed by atoms with E-state index >= 15 is 0 Å². The van der Waals surface area contributed by atoms with Crippen LogP contribution in [0, 0.1) is 17.7 Å². The Balaban J connectivity index is 2.85. The molecular formula is C17H23FN2O4. The van der Waals surface area contributed by atoms with Crippen molar-refractivity contribution in [1.82, 2.24) is 5.32 Å². The first-order valence-corrected chi connectivity index (χ1v) is 7.74. The highest BCUT2D eigenvalue weighted by atomic mass is 19.1. The Hall–Kier alpha value is -2.44. The fraction of sp³-hybridized carbons (Fsp3) is 0.471. The van der Waals surface area contributed by atoms with Gasteiger partial charge in [-0.25, -0.2) is 9.18 Å². The summed E-state index contributed by atoms with van der Waals surface area (Å²) in [5.74, 6) is -3.08. The van der Waals surface area contributed by atoms with Crippen molar-refractivity contribution < 1.29 is 23.9 Å². The summed E-state index contributed by atoms with van der Waals surface area (Å²) in [5, 5.41) is 13.9. The molecule has 0 bridgehead atoms. The first kappa shape index (κ1) is 19.6. The first-order valence-electron chi connectivity index (χ1n) is 7.74. The normalized spacial score (nSPS) is 12.1. The van der Waals surface area contributed by atoms with Crippen LogP contribution < -0.4 is 10.6 Å². The maximum atomic E-state index is 14.1. The zero-order chi connectivity index (χ0) is 18.4. The van der Waals surface area contributed by atoms with E-state index < -0.39 is 23.7 Å². The molecule has 1 aromatic rings. The lowest BCUT2D eigenvalue weighted by molar-refractivity contribution is -0.140.